The van der Waals surface area contributed by atoms with Gasteiger partial charge in [0.1, 0.15) is 11.4 Å². The first-order chi connectivity index (χ1) is 17.5. The van der Waals surface area contributed by atoms with Gasteiger partial charge in [-0.2, -0.15) is 18.3 Å². The molecular formula is C24H26F3N5O5. The second kappa shape index (κ2) is 11.6. The van der Waals surface area contributed by atoms with E-state index in [2.05, 4.69) is 15.3 Å². The minimum Gasteiger partial charge on any atom is -0.494 e. The highest BCUT2D eigenvalue weighted by Gasteiger charge is 2.38. The van der Waals surface area contributed by atoms with Crippen molar-refractivity contribution in [1.29, 1.82) is 0 Å². The number of halogens is 3. The number of benzene rings is 2. The number of carboxylic acids is 1. The van der Waals surface area contributed by atoms with E-state index in [0.717, 1.165) is 30.2 Å². The number of carbonyl (C=O) groups excluding carboxylic acids is 1. The lowest BCUT2D eigenvalue weighted by Gasteiger charge is -2.29. The number of carbonyl (C=O) groups is 2. The Hall–Kier alpha value is -4.26. The molecule has 2 heterocycles. The fourth-order valence-corrected chi connectivity index (χ4v) is 3.50. The second-order valence-corrected chi connectivity index (χ2v) is 7.92. The Kier molecular flexibility index (Phi) is 8.60. The third-order valence-corrected chi connectivity index (χ3v) is 5.23. The molecule has 10 nitrogen and oxygen atoms in total. The number of amides is 1. The largest absolute Gasteiger partial charge is 0.494 e. The van der Waals surface area contributed by atoms with Crippen molar-refractivity contribution in [2.75, 3.05) is 49.4 Å². The number of aryl methyl sites for hydroxylation is 1. The summed E-state index contributed by atoms with van der Waals surface area (Å²) >= 11 is 0. The Morgan fingerprint density at radius 2 is 1.78 bits per heavy atom. The minimum absolute atomic E-state index is 0.282. The van der Waals surface area contributed by atoms with Gasteiger partial charge in [0.05, 0.1) is 37.4 Å². The first-order valence-corrected chi connectivity index (χ1v) is 11.0. The Morgan fingerprint density at radius 3 is 2.38 bits per heavy atom. The number of nitrogens with zero attached hydrogens (tertiary/aromatic N) is 3. The zero-order valence-corrected chi connectivity index (χ0v) is 20.1. The summed E-state index contributed by atoms with van der Waals surface area (Å²) in [6.45, 7) is 4.90. The van der Waals surface area contributed by atoms with E-state index >= 15 is 0 Å². The molecule has 198 valence electrons. The average Bonchev–Trinajstić information content (AvgIpc) is 3.26. The summed E-state index contributed by atoms with van der Waals surface area (Å²) in [5.41, 5.74) is 10.0. The summed E-state index contributed by atoms with van der Waals surface area (Å²) in [5, 5.41) is 14.5. The second-order valence-electron chi connectivity index (χ2n) is 7.92. The molecule has 1 fully saturated rings. The van der Waals surface area contributed by atoms with Gasteiger partial charge in [-0.15, -0.1) is 0 Å². The molecule has 1 aliphatic heterocycles. The van der Waals surface area contributed by atoms with Gasteiger partial charge in [0.2, 0.25) is 0 Å². The summed E-state index contributed by atoms with van der Waals surface area (Å²) in [6, 6.07) is 14.8. The van der Waals surface area contributed by atoms with Gasteiger partial charge < -0.3 is 30.5 Å². The van der Waals surface area contributed by atoms with E-state index in [1.807, 2.05) is 37.3 Å². The van der Waals surface area contributed by atoms with Gasteiger partial charge in [0.25, 0.3) is 5.91 Å². The number of methoxy groups -OCH3 is 1. The molecule has 4 N–H and O–H groups in total. The van der Waals surface area contributed by atoms with Crippen molar-refractivity contribution in [2.24, 2.45) is 0 Å². The number of aliphatic carboxylic acids is 1. The van der Waals surface area contributed by atoms with Crippen molar-refractivity contribution in [2.45, 2.75) is 13.1 Å². The molecule has 0 aliphatic carbocycles. The number of alkyl halides is 3. The predicted molar refractivity (Wildman–Crippen MR) is 130 cm³/mol. The first kappa shape index (κ1) is 27.3. The Balaban J connectivity index is 0.000000479. The maximum Gasteiger partial charge on any atom is 0.490 e. The first-order valence-electron chi connectivity index (χ1n) is 11.0. The van der Waals surface area contributed by atoms with Crippen molar-refractivity contribution in [3.63, 3.8) is 0 Å². The van der Waals surface area contributed by atoms with Crippen LogP contribution >= 0.6 is 0 Å². The summed E-state index contributed by atoms with van der Waals surface area (Å²) in [6.07, 6.45) is -5.08. The van der Waals surface area contributed by atoms with Crippen LogP contribution in [0.2, 0.25) is 0 Å². The van der Waals surface area contributed by atoms with Crippen molar-refractivity contribution >= 4 is 28.9 Å². The molecule has 3 aromatic rings. The number of ether oxygens (including phenoxy) is 2. The van der Waals surface area contributed by atoms with Crippen molar-refractivity contribution < 1.29 is 37.3 Å². The Bertz CT molecular complexity index is 1260. The average molecular weight is 521 g/mol. The SMILES string of the molecule is COc1cc(N2CCOCC2)ccc1NC(=O)c1cc(C)nn1-c1cccc(N)c1.O=C(O)C(F)(F)F. The molecular weight excluding hydrogens is 495 g/mol. The van der Waals surface area contributed by atoms with E-state index in [9.17, 15) is 18.0 Å². The number of aromatic nitrogens is 2. The lowest BCUT2D eigenvalue weighted by molar-refractivity contribution is -0.192. The minimum atomic E-state index is -5.08. The molecule has 37 heavy (non-hydrogen) atoms. The predicted octanol–water partition coefficient (Wildman–Crippen LogP) is 3.49. The van der Waals surface area contributed by atoms with E-state index in [1.165, 1.54) is 0 Å². The topological polar surface area (TPSA) is 132 Å². The maximum absolute atomic E-state index is 13.1. The molecule has 0 unspecified atom stereocenters. The fraction of sp³-hybridized carbons (Fsp3) is 0.292. The normalized spacial score (nSPS) is 13.4. The van der Waals surface area contributed by atoms with E-state index < -0.39 is 12.1 Å². The Morgan fingerprint density at radius 1 is 1.11 bits per heavy atom. The van der Waals surface area contributed by atoms with Crippen LogP contribution in [-0.4, -0.2) is 66.4 Å². The molecule has 1 saturated heterocycles. The van der Waals surface area contributed by atoms with Gasteiger partial charge in [0, 0.05) is 30.5 Å². The number of carboxylic acid groups (broad SMARTS) is 1. The summed E-state index contributed by atoms with van der Waals surface area (Å²) < 4.78 is 44.3. The molecule has 0 saturated carbocycles. The van der Waals surface area contributed by atoms with Crippen LogP contribution in [0.3, 0.4) is 0 Å². The number of morpholine rings is 1. The number of nitrogen functional groups attached to an aromatic ring is 1. The van der Waals surface area contributed by atoms with Crippen LogP contribution in [0.15, 0.2) is 48.5 Å². The third-order valence-electron chi connectivity index (χ3n) is 5.23. The number of hydrogen-bond acceptors (Lipinski definition) is 7. The van der Waals surface area contributed by atoms with Crippen LogP contribution in [0.4, 0.5) is 30.2 Å². The standard InChI is InChI=1S/C22H25N5O3.C2HF3O2/c1-15-12-20(27(25-15)18-5-3-4-16(23)13-18)22(28)24-19-7-6-17(14-21(19)29-2)26-8-10-30-11-9-26;3-2(4,5)1(6)7/h3-7,12-14H,8-11,23H2,1-2H3,(H,24,28);(H,6,7). The van der Waals surface area contributed by atoms with E-state index in [4.69, 9.17) is 25.1 Å². The highest BCUT2D eigenvalue weighted by Crippen LogP contribution is 2.31. The third kappa shape index (κ3) is 7.13. The zero-order chi connectivity index (χ0) is 27.2. The molecule has 0 bridgehead atoms. The van der Waals surface area contributed by atoms with Crippen LogP contribution in [0, 0.1) is 6.92 Å². The van der Waals surface area contributed by atoms with Crippen molar-refractivity contribution in [3.05, 3.63) is 59.9 Å². The van der Waals surface area contributed by atoms with Crippen LogP contribution < -0.4 is 20.7 Å². The lowest BCUT2D eigenvalue weighted by atomic mass is 10.2. The van der Waals surface area contributed by atoms with Crippen molar-refractivity contribution in [3.8, 4) is 11.4 Å². The van der Waals surface area contributed by atoms with E-state index in [0.29, 0.717) is 36.0 Å². The Labute approximate surface area is 210 Å². The highest BCUT2D eigenvalue weighted by molar-refractivity contribution is 6.04. The molecule has 4 rings (SSSR count). The zero-order valence-electron chi connectivity index (χ0n) is 20.1. The number of rotatable bonds is 5. The number of nitrogens with one attached hydrogen (secondary N) is 1. The quantitative estimate of drug-likeness (QED) is 0.435. The van der Waals surface area contributed by atoms with Gasteiger partial charge in [-0.3, -0.25) is 4.79 Å². The highest BCUT2D eigenvalue weighted by atomic mass is 19.4. The van der Waals surface area contributed by atoms with Crippen LogP contribution in [0.5, 0.6) is 5.75 Å². The number of hydrogen-bond donors (Lipinski definition) is 3. The molecule has 1 aliphatic rings. The molecule has 0 atom stereocenters. The van der Waals surface area contributed by atoms with Gasteiger partial charge in [-0.25, -0.2) is 9.48 Å². The fourth-order valence-electron chi connectivity index (χ4n) is 3.50. The summed E-state index contributed by atoms with van der Waals surface area (Å²) in [5.74, 6) is -2.44. The smallest absolute Gasteiger partial charge is 0.490 e. The maximum atomic E-state index is 13.1. The van der Waals surface area contributed by atoms with Crippen molar-refractivity contribution in [1.82, 2.24) is 9.78 Å². The lowest BCUT2D eigenvalue weighted by Crippen LogP contribution is -2.36. The van der Waals surface area contributed by atoms with Crippen LogP contribution in [0.25, 0.3) is 5.69 Å². The molecule has 13 heteroatoms. The van der Waals surface area contributed by atoms with Gasteiger partial charge in [0.15, 0.2) is 0 Å². The molecule has 1 aromatic heterocycles. The van der Waals surface area contributed by atoms with Crippen LogP contribution in [0.1, 0.15) is 16.2 Å². The van der Waals surface area contributed by atoms with Gasteiger partial charge in [-0.1, -0.05) is 6.07 Å². The molecule has 2 aromatic carbocycles. The number of nitrogens with two attached hydrogens (primary N) is 1. The number of anilines is 3. The van der Waals surface area contributed by atoms with E-state index in [1.54, 1.807) is 30.0 Å². The molecule has 0 radical (unpaired) electrons. The summed E-state index contributed by atoms with van der Waals surface area (Å²) in [7, 11) is 1.59. The van der Waals surface area contributed by atoms with E-state index in [-0.39, 0.29) is 5.91 Å². The van der Waals surface area contributed by atoms with Crippen LogP contribution in [-0.2, 0) is 9.53 Å². The summed E-state index contributed by atoms with van der Waals surface area (Å²) in [4.78, 5) is 24.2. The molecule has 1 amide bonds. The van der Waals surface area contributed by atoms with Gasteiger partial charge >= 0.3 is 12.1 Å². The van der Waals surface area contributed by atoms with Gasteiger partial charge in [-0.05, 0) is 43.3 Å². The monoisotopic (exact) mass is 521 g/mol. The molecule has 0 spiro atoms.